The van der Waals surface area contributed by atoms with Crippen molar-refractivity contribution < 1.29 is 5.11 Å². The molecule has 0 heterocycles. The van der Waals surface area contributed by atoms with Gasteiger partial charge in [0.15, 0.2) is 0 Å². The van der Waals surface area contributed by atoms with Crippen molar-refractivity contribution in [1.29, 1.82) is 0 Å². The SMILES string of the molecule is OCCCC1(C2CC3C=CC2C3)CC2C=CC1C2. The molecular weight excluding hydrogens is 220 g/mol. The number of rotatable bonds is 4. The lowest BCUT2D eigenvalue weighted by atomic mass is 9.60. The van der Waals surface area contributed by atoms with Gasteiger partial charge in [-0.3, -0.25) is 0 Å². The zero-order valence-electron chi connectivity index (χ0n) is 11.1. The minimum Gasteiger partial charge on any atom is -0.396 e. The Kier molecular flexibility index (Phi) is 2.49. The van der Waals surface area contributed by atoms with Crippen LogP contribution in [0.25, 0.3) is 0 Å². The minimum atomic E-state index is 0.375. The Labute approximate surface area is 110 Å². The lowest BCUT2D eigenvalue weighted by Gasteiger charge is -2.44. The van der Waals surface area contributed by atoms with E-state index in [0.29, 0.717) is 12.0 Å². The van der Waals surface area contributed by atoms with Crippen LogP contribution in [0.15, 0.2) is 24.3 Å². The molecule has 4 aliphatic carbocycles. The number of aliphatic hydroxyl groups is 1. The maximum Gasteiger partial charge on any atom is 0.0431 e. The molecule has 4 rings (SSSR count). The van der Waals surface area contributed by atoms with Crippen LogP contribution in [-0.4, -0.2) is 11.7 Å². The first-order valence-corrected chi connectivity index (χ1v) is 7.79. The van der Waals surface area contributed by atoms with Crippen LogP contribution in [0.1, 0.15) is 38.5 Å². The largest absolute Gasteiger partial charge is 0.396 e. The third-order valence-electron chi connectivity index (χ3n) is 6.37. The smallest absolute Gasteiger partial charge is 0.0431 e. The summed E-state index contributed by atoms with van der Waals surface area (Å²) in [5.74, 6) is 4.35. The van der Waals surface area contributed by atoms with Gasteiger partial charge in [-0.25, -0.2) is 0 Å². The monoisotopic (exact) mass is 244 g/mol. The molecule has 1 nitrogen and oxygen atoms in total. The van der Waals surface area contributed by atoms with Crippen molar-refractivity contribution in [2.45, 2.75) is 38.5 Å². The van der Waals surface area contributed by atoms with Crippen molar-refractivity contribution in [2.24, 2.45) is 35.0 Å². The van der Waals surface area contributed by atoms with Crippen LogP contribution in [0, 0.1) is 35.0 Å². The van der Waals surface area contributed by atoms with Crippen LogP contribution >= 0.6 is 0 Å². The van der Waals surface area contributed by atoms with Crippen LogP contribution in [0.4, 0.5) is 0 Å². The Bertz CT molecular complexity index is 396. The molecule has 4 aliphatic rings. The molecule has 0 aromatic heterocycles. The van der Waals surface area contributed by atoms with E-state index in [1.165, 1.54) is 32.1 Å². The van der Waals surface area contributed by atoms with Gasteiger partial charge in [-0.05, 0) is 73.5 Å². The van der Waals surface area contributed by atoms with Gasteiger partial charge in [0.2, 0.25) is 0 Å². The van der Waals surface area contributed by atoms with Crippen molar-refractivity contribution in [1.82, 2.24) is 0 Å². The van der Waals surface area contributed by atoms with Crippen molar-refractivity contribution in [3.05, 3.63) is 24.3 Å². The molecule has 0 spiro atoms. The molecule has 4 bridgehead atoms. The first-order chi connectivity index (χ1) is 8.82. The van der Waals surface area contributed by atoms with Crippen molar-refractivity contribution in [2.75, 3.05) is 6.61 Å². The predicted octanol–water partition coefficient (Wildman–Crippen LogP) is 3.55. The number of fused-ring (bicyclic) bond motifs is 4. The van der Waals surface area contributed by atoms with E-state index in [-0.39, 0.29) is 0 Å². The zero-order valence-corrected chi connectivity index (χ0v) is 11.1. The van der Waals surface area contributed by atoms with Crippen LogP contribution in [0.3, 0.4) is 0 Å². The molecule has 6 atom stereocenters. The lowest BCUT2D eigenvalue weighted by molar-refractivity contribution is 0.0733. The van der Waals surface area contributed by atoms with Crippen LogP contribution < -0.4 is 0 Å². The maximum absolute atomic E-state index is 9.25. The molecular formula is C17H24O. The van der Waals surface area contributed by atoms with Gasteiger partial charge in [0, 0.05) is 6.61 Å². The summed E-state index contributed by atoms with van der Waals surface area (Å²) in [5.41, 5.74) is 0.548. The van der Waals surface area contributed by atoms with Gasteiger partial charge >= 0.3 is 0 Å². The van der Waals surface area contributed by atoms with Crippen molar-refractivity contribution >= 4 is 0 Å². The first-order valence-electron chi connectivity index (χ1n) is 7.79. The van der Waals surface area contributed by atoms with Gasteiger partial charge in [-0.15, -0.1) is 0 Å². The van der Waals surface area contributed by atoms with Gasteiger partial charge in [-0.2, -0.15) is 0 Å². The standard InChI is InChI=1S/C17H24O/c18-7-1-6-17(11-13-3-5-15(17)9-13)16-10-12-2-4-14(16)8-12/h2-5,12-16,18H,1,6-11H2. The Morgan fingerprint density at radius 1 is 1.00 bits per heavy atom. The highest BCUT2D eigenvalue weighted by Gasteiger charge is 2.56. The summed E-state index contributed by atoms with van der Waals surface area (Å²) in [6.45, 7) is 0.375. The van der Waals surface area contributed by atoms with Gasteiger partial charge < -0.3 is 5.11 Å². The van der Waals surface area contributed by atoms with E-state index < -0.39 is 0 Å². The second-order valence-corrected chi connectivity index (χ2v) is 7.14. The third-order valence-corrected chi connectivity index (χ3v) is 6.37. The molecule has 1 N–H and O–H groups in total. The molecule has 2 fully saturated rings. The molecule has 6 unspecified atom stereocenters. The summed E-state index contributed by atoms with van der Waals surface area (Å²) in [6, 6.07) is 0. The topological polar surface area (TPSA) is 20.2 Å². The van der Waals surface area contributed by atoms with Crippen LogP contribution in [0.5, 0.6) is 0 Å². The van der Waals surface area contributed by atoms with E-state index in [4.69, 9.17) is 0 Å². The normalized spacial score (nSPS) is 51.7. The van der Waals surface area contributed by atoms with E-state index in [2.05, 4.69) is 24.3 Å². The third kappa shape index (κ3) is 1.43. The summed E-state index contributed by atoms with van der Waals surface area (Å²) in [5, 5.41) is 9.25. The fourth-order valence-electron chi connectivity index (χ4n) is 5.74. The molecule has 0 aliphatic heterocycles. The summed E-state index contributed by atoms with van der Waals surface area (Å²) in [4.78, 5) is 0. The Morgan fingerprint density at radius 3 is 2.44 bits per heavy atom. The average Bonchev–Trinajstić information content (AvgIpc) is 3.14. The lowest BCUT2D eigenvalue weighted by Crippen LogP contribution is -2.37. The number of allylic oxidation sites excluding steroid dienone is 4. The number of hydrogen-bond donors (Lipinski definition) is 1. The van der Waals surface area contributed by atoms with E-state index >= 15 is 0 Å². The fraction of sp³-hybridized carbons (Fsp3) is 0.765. The number of aliphatic hydroxyl groups excluding tert-OH is 1. The van der Waals surface area contributed by atoms with E-state index in [9.17, 15) is 5.11 Å². The van der Waals surface area contributed by atoms with Gasteiger partial charge in [-0.1, -0.05) is 24.3 Å². The number of hydrogen-bond acceptors (Lipinski definition) is 1. The summed E-state index contributed by atoms with van der Waals surface area (Å²) in [6.07, 6.45) is 17.9. The molecule has 0 aromatic carbocycles. The molecule has 0 saturated heterocycles. The summed E-state index contributed by atoms with van der Waals surface area (Å²) >= 11 is 0. The zero-order chi connectivity index (χ0) is 12.2. The highest BCUT2D eigenvalue weighted by Crippen LogP contribution is 2.64. The van der Waals surface area contributed by atoms with E-state index in [1.807, 2.05) is 0 Å². The van der Waals surface area contributed by atoms with Gasteiger partial charge in [0.1, 0.15) is 0 Å². The molecule has 0 aromatic rings. The molecule has 2 saturated carbocycles. The Hall–Kier alpha value is -0.560. The molecule has 0 amide bonds. The highest BCUT2D eigenvalue weighted by molar-refractivity contribution is 5.22. The fourth-order valence-corrected chi connectivity index (χ4v) is 5.74. The van der Waals surface area contributed by atoms with Gasteiger partial charge in [0.05, 0.1) is 0 Å². The molecule has 98 valence electrons. The quantitative estimate of drug-likeness (QED) is 0.750. The average molecular weight is 244 g/mol. The Morgan fingerprint density at radius 2 is 1.89 bits per heavy atom. The van der Waals surface area contributed by atoms with Crippen molar-refractivity contribution in [3.8, 4) is 0 Å². The minimum absolute atomic E-state index is 0.375. The van der Waals surface area contributed by atoms with Gasteiger partial charge in [0.25, 0.3) is 0 Å². The van der Waals surface area contributed by atoms with Crippen molar-refractivity contribution in [3.63, 3.8) is 0 Å². The van der Waals surface area contributed by atoms with E-state index in [1.54, 1.807) is 0 Å². The predicted molar refractivity (Wildman–Crippen MR) is 73.0 cm³/mol. The highest BCUT2D eigenvalue weighted by atomic mass is 16.2. The first kappa shape index (κ1) is 11.3. The summed E-state index contributed by atoms with van der Waals surface area (Å²) in [7, 11) is 0. The second-order valence-electron chi connectivity index (χ2n) is 7.14. The molecule has 18 heavy (non-hydrogen) atoms. The van der Waals surface area contributed by atoms with E-state index in [0.717, 1.165) is 36.0 Å². The maximum atomic E-state index is 9.25. The Balaban J connectivity index is 1.64. The summed E-state index contributed by atoms with van der Waals surface area (Å²) < 4.78 is 0. The van der Waals surface area contributed by atoms with Crippen LogP contribution in [-0.2, 0) is 0 Å². The molecule has 0 radical (unpaired) electrons. The second kappa shape index (κ2) is 3.96. The molecule has 1 heteroatoms. The van der Waals surface area contributed by atoms with Crippen LogP contribution in [0.2, 0.25) is 0 Å².